The third-order valence-corrected chi connectivity index (χ3v) is 3.16. The summed E-state index contributed by atoms with van der Waals surface area (Å²) in [7, 11) is 0. The maximum absolute atomic E-state index is 6.09. The number of rotatable bonds is 6. The number of aromatic nitrogens is 1. The van der Waals surface area contributed by atoms with E-state index in [-0.39, 0.29) is 0 Å². The van der Waals surface area contributed by atoms with Gasteiger partial charge in [-0.25, -0.2) is 4.98 Å². The SMILES string of the molecule is CCNc1nc(NCC(C)CC)c(Cl)cc1Cl. The van der Waals surface area contributed by atoms with Gasteiger partial charge in [0.05, 0.1) is 10.0 Å². The molecule has 0 fully saturated rings. The number of hydrogen-bond acceptors (Lipinski definition) is 3. The van der Waals surface area contributed by atoms with Crippen molar-refractivity contribution in [3.63, 3.8) is 0 Å². The molecule has 2 N–H and O–H groups in total. The van der Waals surface area contributed by atoms with Crippen LogP contribution in [0.2, 0.25) is 10.0 Å². The molecular formula is C12H19Cl2N3. The van der Waals surface area contributed by atoms with Crippen LogP contribution in [0.4, 0.5) is 11.6 Å². The number of halogens is 2. The number of anilines is 2. The highest BCUT2D eigenvalue weighted by atomic mass is 35.5. The fourth-order valence-electron chi connectivity index (χ4n) is 1.30. The highest BCUT2D eigenvalue weighted by Crippen LogP contribution is 2.29. The Morgan fingerprint density at radius 2 is 1.76 bits per heavy atom. The van der Waals surface area contributed by atoms with Crippen molar-refractivity contribution in [1.82, 2.24) is 4.98 Å². The van der Waals surface area contributed by atoms with E-state index < -0.39 is 0 Å². The van der Waals surface area contributed by atoms with Crippen molar-refractivity contribution in [2.24, 2.45) is 5.92 Å². The molecule has 96 valence electrons. The van der Waals surface area contributed by atoms with Gasteiger partial charge < -0.3 is 10.6 Å². The first kappa shape index (κ1) is 14.4. The molecule has 0 radical (unpaired) electrons. The molecule has 0 bridgehead atoms. The van der Waals surface area contributed by atoms with Crippen molar-refractivity contribution in [1.29, 1.82) is 0 Å². The molecule has 17 heavy (non-hydrogen) atoms. The first-order chi connectivity index (χ1) is 8.08. The van der Waals surface area contributed by atoms with Crippen molar-refractivity contribution in [2.45, 2.75) is 27.2 Å². The topological polar surface area (TPSA) is 37.0 Å². The van der Waals surface area contributed by atoms with Crippen LogP contribution in [0.3, 0.4) is 0 Å². The van der Waals surface area contributed by atoms with Gasteiger partial charge in [-0.2, -0.15) is 0 Å². The molecule has 0 aliphatic rings. The first-order valence-electron chi connectivity index (χ1n) is 5.92. The van der Waals surface area contributed by atoms with Crippen LogP contribution in [-0.4, -0.2) is 18.1 Å². The summed E-state index contributed by atoms with van der Waals surface area (Å²) in [6.07, 6.45) is 1.12. The molecule has 5 heteroatoms. The van der Waals surface area contributed by atoms with Gasteiger partial charge in [-0.3, -0.25) is 0 Å². The lowest BCUT2D eigenvalue weighted by Crippen LogP contribution is -2.12. The van der Waals surface area contributed by atoms with E-state index in [1.54, 1.807) is 6.07 Å². The molecule has 0 aliphatic heterocycles. The van der Waals surface area contributed by atoms with E-state index in [1.165, 1.54) is 0 Å². The summed E-state index contributed by atoms with van der Waals surface area (Å²) in [5.41, 5.74) is 0. The minimum absolute atomic E-state index is 0.547. The van der Waals surface area contributed by atoms with Crippen LogP contribution in [0, 0.1) is 5.92 Å². The Morgan fingerprint density at radius 1 is 1.18 bits per heavy atom. The Hall–Kier alpha value is -0.670. The Kier molecular flexibility index (Phi) is 5.86. The van der Waals surface area contributed by atoms with Gasteiger partial charge in [0.25, 0.3) is 0 Å². The van der Waals surface area contributed by atoms with Crippen molar-refractivity contribution >= 4 is 34.8 Å². The highest BCUT2D eigenvalue weighted by Gasteiger charge is 2.09. The van der Waals surface area contributed by atoms with E-state index in [4.69, 9.17) is 23.2 Å². The van der Waals surface area contributed by atoms with Crippen LogP contribution in [0.15, 0.2) is 6.07 Å². The number of pyridine rings is 1. The Labute approximate surface area is 113 Å². The molecule has 0 saturated carbocycles. The summed E-state index contributed by atoms with van der Waals surface area (Å²) in [5, 5.41) is 7.45. The number of nitrogens with one attached hydrogen (secondary N) is 2. The van der Waals surface area contributed by atoms with E-state index >= 15 is 0 Å². The van der Waals surface area contributed by atoms with Gasteiger partial charge in [0.1, 0.15) is 11.6 Å². The lowest BCUT2D eigenvalue weighted by molar-refractivity contribution is 0.592. The van der Waals surface area contributed by atoms with Crippen LogP contribution >= 0.6 is 23.2 Å². The maximum atomic E-state index is 6.09. The summed E-state index contributed by atoms with van der Waals surface area (Å²) in [6.45, 7) is 7.98. The Balaban J connectivity index is 2.80. The molecule has 1 aromatic rings. The van der Waals surface area contributed by atoms with E-state index in [9.17, 15) is 0 Å². The maximum Gasteiger partial charge on any atom is 0.147 e. The Morgan fingerprint density at radius 3 is 2.29 bits per heavy atom. The molecule has 0 spiro atoms. The molecule has 1 atom stereocenters. The fourth-order valence-corrected chi connectivity index (χ4v) is 1.79. The minimum Gasteiger partial charge on any atom is -0.369 e. The van der Waals surface area contributed by atoms with E-state index in [2.05, 4.69) is 29.5 Å². The second kappa shape index (κ2) is 6.92. The van der Waals surface area contributed by atoms with Crippen molar-refractivity contribution < 1.29 is 0 Å². The predicted molar refractivity (Wildman–Crippen MR) is 76.4 cm³/mol. The lowest BCUT2D eigenvalue weighted by atomic mass is 10.1. The monoisotopic (exact) mass is 275 g/mol. The molecule has 1 heterocycles. The second-order valence-electron chi connectivity index (χ2n) is 4.07. The van der Waals surface area contributed by atoms with Crippen molar-refractivity contribution in [2.75, 3.05) is 23.7 Å². The van der Waals surface area contributed by atoms with Gasteiger partial charge in [-0.05, 0) is 18.9 Å². The normalized spacial score (nSPS) is 12.3. The molecule has 0 saturated heterocycles. The smallest absolute Gasteiger partial charge is 0.147 e. The van der Waals surface area contributed by atoms with Gasteiger partial charge in [-0.1, -0.05) is 43.5 Å². The molecular weight excluding hydrogens is 257 g/mol. The third-order valence-electron chi connectivity index (χ3n) is 2.59. The molecule has 1 aromatic heterocycles. The van der Waals surface area contributed by atoms with Gasteiger partial charge in [0, 0.05) is 13.1 Å². The minimum atomic E-state index is 0.547. The largest absolute Gasteiger partial charge is 0.369 e. The van der Waals surface area contributed by atoms with E-state index in [0.29, 0.717) is 27.6 Å². The molecule has 1 unspecified atom stereocenters. The van der Waals surface area contributed by atoms with Gasteiger partial charge in [-0.15, -0.1) is 0 Å². The van der Waals surface area contributed by atoms with Crippen LogP contribution in [0.25, 0.3) is 0 Å². The van der Waals surface area contributed by atoms with Crippen LogP contribution in [0.1, 0.15) is 27.2 Å². The zero-order chi connectivity index (χ0) is 12.8. The summed E-state index contributed by atoms with van der Waals surface area (Å²) in [5.74, 6) is 1.95. The highest BCUT2D eigenvalue weighted by molar-refractivity contribution is 6.37. The second-order valence-corrected chi connectivity index (χ2v) is 4.89. The Bertz CT molecular complexity index is 369. The molecule has 3 nitrogen and oxygen atoms in total. The van der Waals surface area contributed by atoms with Crippen LogP contribution in [0.5, 0.6) is 0 Å². The number of nitrogens with zero attached hydrogens (tertiary/aromatic N) is 1. The van der Waals surface area contributed by atoms with Gasteiger partial charge in [0.15, 0.2) is 0 Å². The molecule has 1 rings (SSSR count). The summed E-state index contributed by atoms with van der Waals surface area (Å²) in [4.78, 5) is 4.38. The van der Waals surface area contributed by atoms with E-state index in [0.717, 1.165) is 19.5 Å². The van der Waals surface area contributed by atoms with E-state index in [1.807, 2.05) is 6.92 Å². The average Bonchev–Trinajstić information content (AvgIpc) is 2.30. The molecule has 0 aliphatic carbocycles. The standard InChI is InChI=1S/C12H19Cl2N3/c1-4-8(3)7-16-12-10(14)6-9(13)11(17-12)15-5-2/h6,8H,4-5,7H2,1-3H3,(H2,15,16,17). The van der Waals surface area contributed by atoms with Crippen molar-refractivity contribution in [3.05, 3.63) is 16.1 Å². The number of hydrogen-bond donors (Lipinski definition) is 2. The van der Waals surface area contributed by atoms with Crippen LogP contribution in [-0.2, 0) is 0 Å². The fraction of sp³-hybridized carbons (Fsp3) is 0.583. The molecule has 0 amide bonds. The van der Waals surface area contributed by atoms with Gasteiger partial charge in [0.2, 0.25) is 0 Å². The quantitative estimate of drug-likeness (QED) is 0.814. The first-order valence-corrected chi connectivity index (χ1v) is 6.67. The summed E-state index contributed by atoms with van der Waals surface area (Å²) in [6, 6.07) is 1.72. The zero-order valence-electron chi connectivity index (χ0n) is 10.5. The zero-order valence-corrected chi connectivity index (χ0v) is 12.0. The third kappa shape index (κ3) is 4.25. The van der Waals surface area contributed by atoms with Gasteiger partial charge >= 0.3 is 0 Å². The summed E-state index contributed by atoms with van der Waals surface area (Å²) < 4.78 is 0. The predicted octanol–water partition coefficient (Wildman–Crippen LogP) is 4.28. The average molecular weight is 276 g/mol. The lowest BCUT2D eigenvalue weighted by Gasteiger charge is -2.14. The molecule has 0 aromatic carbocycles. The van der Waals surface area contributed by atoms with Crippen molar-refractivity contribution in [3.8, 4) is 0 Å². The van der Waals surface area contributed by atoms with Crippen LogP contribution < -0.4 is 10.6 Å². The summed E-state index contributed by atoms with van der Waals surface area (Å²) >= 11 is 12.1.